The SMILES string of the molecule is CO[C@@H]1CC[C@H](Oc2ccc3c(O)c(NC(=O)c4cccc(Nc5ccccc5)c4)c(=O)oc3c2C)OC1(C)C. The molecular formula is C31H32N2O7. The van der Waals surface area contributed by atoms with Gasteiger partial charge in [0.25, 0.3) is 5.91 Å². The highest BCUT2D eigenvalue weighted by Gasteiger charge is 2.39. The average Bonchev–Trinajstić information content (AvgIpc) is 2.93. The maximum absolute atomic E-state index is 13.0. The molecule has 208 valence electrons. The zero-order chi connectivity index (χ0) is 28.4. The number of rotatable bonds is 7. The largest absolute Gasteiger partial charge is 0.505 e. The van der Waals surface area contributed by atoms with Gasteiger partial charge in [-0.2, -0.15) is 0 Å². The van der Waals surface area contributed by atoms with Gasteiger partial charge in [0.1, 0.15) is 11.3 Å². The highest BCUT2D eigenvalue weighted by Crippen LogP contribution is 2.37. The quantitative estimate of drug-likeness (QED) is 0.238. The standard InChI is InChI=1S/C31H32N2O7/c1-18-23(38-25-16-15-24(37-4)31(2,3)40-25)14-13-22-27(34)26(30(36)39-28(18)22)33-29(35)19-9-8-12-21(17-19)32-20-10-6-5-7-11-20/h5-14,17,24-25,32,34H,15-16H2,1-4H3,(H,33,35)/t24-,25-/m1/s1. The van der Waals surface area contributed by atoms with Gasteiger partial charge in [-0.25, -0.2) is 4.79 Å². The Labute approximate surface area is 231 Å². The van der Waals surface area contributed by atoms with Crippen molar-refractivity contribution in [3.63, 3.8) is 0 Å². The van der Waals surface area contributed by atoms with Crippen LogP contribution in [0.15, 0.2) is 75.9 Å². The van der Waals surface area contributed by atoms with Crippen molar-refractivity contribution in [2.75, 3.05) is 17.7 Å². The summed E-state index contributed by atoms with van der Waals surface area (Å²) in [6.07, 6.45) is 0.840. The minimum atomic E-state index is -0.879. The van der Waals surface area contributed by atoms with E-state index in [4.69, 9.17) is 18.6 Å². The Kier molecular flexibility index (Phi) is 7.51. The number of carbonyl (C=O) groups excluding carboxylic acids is 1. The van der Waals surface area contributed by atoms with E-state index in [9.17, 15) is 14.7 Å². The molecule has 0 aliphatic carbocycles. The summed E-state index contributed by atoms with van der Waals surface area (Å²) in [5.41, 5.74) is 0.798. The van der Waals surface area contributed by atoms with Gasteiger partial charge in [0, 0.05) is 36.0 Å². The predicted octanol–water partition coefficient (Wildman–Crippen LogP) is 6.11. The van der Waals surface area contributed by atoms with Crippen LogP contribution < -0.4 is 21.0 Å². The number of para-hydroxylation sites is 1. The lowest BCUT2D eigenvalue weighted by Gasteiger charge is -2.41. The van der Waals surface area contributed by atoms with Gasteiger partial charge in [-0.1, -0.05) is 24.3 Å². The number of methoxy groups -OCH3 is 1. The van der Waals surface area contributed by atoms with E-state index >= 15 is 0 Å². The molecule has 1 fully saturated rings. The van der Waals surface area contributed by atoms with Crippen LogP contribution in [-0.4, -0.2) is 36.1 Å². The van der Waals surface area contributed by atoms with E-state index in [-0.39, 0.29) is 28.5 Å². The highest BCUT2D eigenvalue weighted by atomic mass is 16.7. The summed E-state index contributed by atoms with van der Waals surface area (Å²) >= 11 is 0. The molecule has 2 atom stereocenters. The van der Waals surface area contributed by atoms with Crippen LogP contribution in [0.2, 0.25) is 0 Å². The fourth-order valence-electron chi connectivity index (χ4n) is 4.95. The van der Waals surface area contributed by atoms with Gasteiger partial charge in [0.05, 0.1) is 17.1 Å². The Morgan fingerprint density at radius 2 is 1.77 bits per heavy atom. The number of hydrogen-bond donors (Lipinski definition) is 3. The van der Waals surface area contributed by atoms with Crippen molar-refractivity contribution >= 4 is 33.9 Å². The number of amides is 1. The molecule has 3 aromatic carbocycles. The number of anilines is 3. The minimum Gasteiger partial charge on any atom is -0.505 e. The molecule has 3 N–H and O–H groups in total. The Bertz CT molecular complexity index is 1600. The van der Waals surface area contributed by atoms with E-state index in [0.29, 0.717) is 29.0 Å². The van der Waals surface area contributed by atoms with Crippen LogP contribution in [0.25, 0.3) is 11.0 Å². The van der Waals surface area contributed by atoms with Crippen molar-refractivity contribution in [2.45, 2.75) is 51.6 Å². The third-order valence-electron chi connectivity index (χ3n) is 7.09. The number of benzene rings is 3. The second-order valence-electron chi connectivity index (χ2n) is 10.3. The van der Waals surface area contributed by atoms with Gasteiger partial charge in [-0.05, 0) is 69.7 Å². The molecule has 0 radical (unpaired) electrons. The first-order chi connectivity index (χ1) is 19.2. The number of hydrogen-bond acceptors (Lipinski definition) is 8. The molecular weight excluding hydrogens is 512 g/mol. The van der Waals surface area contributed by atoms with E-state index < -0.39 is 23.4 Å². The molecule has 40 heavy (non-hydrogen) atoms. The van der Waals surface area contributed by atoms with Crippen molar-refractivity contribution in [3.8, 4) is 11.5 Å². The van der Waals surface area contributed by atoms with Gasteiger partial charge in [-0.3, -0.25) is 4.79 Å². The molecule has 0 unspecified atom stereocenters. The first kappa shape index (κ1) is 27.2. The molecule has 0 bridgehead atoms. The maximum atomic E-state index is 13.0. The first-order valence-electron chi connectivity index (χ1n) is 13.1. The summed E-state index contributed by atoms with van der Waals surface area (Å²) in [5, 5.41) is 17.0. The molecule has 0 spiro atoms. The summed E-state index contributed by atoms with van der Waals surface area (Å²) in [7, 11) is 1.66. The van der Waals surface area contributed by atoms with Crippen LogP contribution >= 0.6 is 0 Å². The number of nitrogens with one attached hydrogen (secondary N) is 2. The highest BCUT2D eigenvalue weighted by molar-refractivity contribution is 6.07. The molecule has 1 aliphatic rings. The van der Waals surface area contributed by atoms with Gasteiger partial charge in [-0.15, -0.1) is 0 Å². The Hall–Kier alpha value is -4.34. The van der Waals surface area contributed by atoms with Crippen LogP contribution in [0.4, 0.5) is 17.1 Å². The summed E-state index contributed by atoms with van der Waals surface area (Å²) < 4.78 is 23.3. The fraction of sp³-hybridized carbons (Fsp3) is 0.290. The Morgan fingerprint density at radius 3 is 2.50 bits per heavy atom. The Balaban J connectivity index is 1.36. The normalized spacial score (nSPS) is 18.3. The molecule has 9 nitrogen and oxygen atoms in total. The second-order valence-corrected chi connectivity index (χ2v) is 10.3. The number of aryl methyl sites for hydroxylation is 1. The van der Waals surface area contributed by atoms with Gasteiger partial charge < -0.3 is 34.4 Å². The van der Waals surface area contributed by atoms with Crippen LogP contribution in [0, 0.1) is 6.92 Å². The van der Waals surface area contributed by atoms with E-state index in [1.54, 1.807) is 44.4 Å². The fourth-order valence-corrected chi connectivity index (χ4v) is 4.95. The number of ether oxygens (including phenoxy) is 3. The monoisotopic (exact) mass is 544 g/mol. The van der Waals surface area contributed by atoms with Crippen LogP contribution in [0.3, 0.4) is 0 Å². The second kappa shape index (κ2) is 11.0. The average molecular weight is 545 g/mol. The molecule has 0 saturated carbocycles. The van der Waals surface area contributed by atoms with E-state index in [2.05, 4.69) is 10.6 Å². The molecule has 1 aromatic heterocycles. The van der Waals surface area contributed by atoms with Crippen molar-refractivity contribution < 1.29 is 28.5 Å². The summed E-state index contributed by atoms with van der Waals surface area (Å²) in [6, 6.07) is 19.6. The van der Waals surface area contributed by atoms with E-state index in [1.807, 2.05) is 50.2 Å². The number of aromatic hydroxyl groups is 1. The lowest BCUT2D eigenvalue weighted by molar-refractivity contribution is -0.233. The molecule has 4 aromatic rings. The van der Waals surface area contributed by atoms with Crippen molar-refractivity contribution in [1.29, 1.82) is 0 Å². The van der Waals surface area contributed by atoms with Gasteiger partial charge in [0.2, 0.25) is 6.29 Å². The Morgan fingerprint density at radius 1 is 1.02 bits per heavy atom. The van der Waals surface area contributed by atoms with E-state index in [1.165, 1.54) is 0 Å². The lowest BCUT2D eigenvalue weighted by atomic mass is 9.94. The van der Waals surface area contributed by atoms with Crippen LogP contribution in [0.1, 0.15) is 42.6 Å². The molecule has 9 heteroatoms. The maximum Gasteiger partial charge on any atom is 0.364 e. The third-order valence-corrected chi connectivity index (χ3v) is 7.09. The summed E-state index contributed by atoms with van der Waals surface area (Å²) in [6.45, 7) is 5.63. The zero-order valence-electron chi connectivity index (χ0n) is 22.8. The number of fused-ring (bicyclic) bond motifs is 1. The van der Waals surface area contributed by atoms with Gasteiger partial charge >= 0.3 is 5.63 Å². The number of carbonyl (C=O) groups is 1. The van der Waals surface area contributed by atoms with Crippen molar-refractivity contribution in [3.05, 3.63) is 88.3 Å². The summed E-state index contributed by atoms with van der Waals surface area (Å²) in [4.78, 5) is 25.9. The van der Waals surface area contributed by atoms with Crippen molar-refractivity contribution in [1.82, 2.24) is 0 Å². The van der Waals surface area contributed by atoms with Crippen LogP contribution in [-0.2, 0) is 9.47 Å². The van der Waals surface area contributed by atoms with Crippen LogP contribution in [0.5, 0.6) is 11.5 Å². The lowest BCUT2D eigenvalue weighted by Crippen LogP contribution is -2.49. The molecule has 1 amide bonds. The molecule has 2 heterocycles. The van der Waals surface area contributed by atoms with Crippen molar-refractivity contribution in [2.24, 2.45) is 0 Å². The zero-order valence-corrected chi connectivity index (χ0v) is 22.8. The predicted molar refractivity (Wildman–Crippen MR) is 153 cm³/mol. The minimum absolute atomic E-state index is 0.0451. The molecule has 5 rings (SSSR count). The molecule has 1 saturated heterocycles. The summed E-state index contributed by atoms with van der Waals surface area (Å²) in [5.74, 6) is -0.487. The first-order valence-corrected chi connectivity index (χ1v) is 13.1. The molecule has 1 aliphatic heterocycles. The smallest absolute Gasteiger partial charge is 0.364 e. The van der Waals surface area contributed by atoms with E-state index in [0.717, 1.165) is 12.1 Å². The van der Waals surface area contributed by atoms with Gasteiger partial charge in [0.15, 0.2) is 11.4 Å². The third kappa shape index (κ3) is 5.52. The topological polar surface area (TPSA) is 119 Å².